The topological polar surface area (TPSA) is 6.48 Å². The fourth-order valence-corrected chi connectivity index (χ4v) is 22.5. The highest BCUT2D eigenvalue weighted by Gasteiger charge is 2.55. The summed E-state index contributed by atoms with van der Waals surface area (Å²) in [5.74, 6) is 11.4. The standard InChI is InChI=1S/C70H116N2/c1-7-23-51(24-8-1)67(53-39-43-63(44-40-53)71(59-29-11-3-12-30-59)60-31-13-4-14-32-60)49-57-47-55-27-19-22-38-66(55)70-58(48-56-28-20-21-37-65(56)69(57)70)50-68(52-25-9-2-10-26-52)54-41-45-64(46-42-54)72(61-33-15-5-16-34-61)62-35-17-6-18-36-62/h49-66,69-70H,1-48H2. The molecule has 0 aromatic carbocycles. The average Bonchev–Trinajstić information content (AvgIpc) is 3.46. The van der Waals surface area contributed by atoms with Gasteiger partial charge in [0.1, 0.15) is 0 Å². The Bertz CT molecular complexity index is 1510. The van der Waals surface area contributed by atoms with Gasteiger partial charge in [-0.15, -0.1) is 0 Å². The first-order valence-electron chi connectivity index (χ1n) is 34.7. The molecular formula is C70H116N2. The number of hydrogen-bond donors (Lipinski definition) is 0. The first-order valence-corrected chi connectivity index (χ1v) is 34.7. The van der Waals surface area contributed by atoms with Crippen LogP contribution in [0.2, 0.25) is 0 Å². The van der Waals surface area contributed by atoms with E-state index in [1.54, 1.807) is 51.4 Å². The molecule has 0 amide bonds. The van der Waals surface area contributed by atoms with Crippen LogP contribution >= 0.6 is 0 Å². The van der Waals surface area contributed by atoms with Crippen molar-refractivity contribution in [1.82, 2.24) is 9.80 Å². The van der Waals surface area contributed by atoms with Crippen LogP contribution in [0.3, 0.4) is 0 Å². The predicted octanol–water partition coefficient (Wildman–Crippen LogP) is 19.9. The van der Waals surface area contributed by atoms with E-state index in [1.165, 1.54) is 257 Å². The fraction of sp³-hybridized carbons (Fsp3) is 0.943. The second-order valence-electron chi connectivity index (χ2n) is 29.4. The molecule has 406 valence electrons. The van der Waals surface area contributed by atoms with Crippen molar-refractivity contribution in [2.45, 2.75) is 344 Å². The third kappa shape index (κ3) is 11.9. The molecule has 72 heavy (non-hydrogen) atoms. The summed E-state index contributed by atoms with van der Waals surface area (Å²) in [6.07, 6.45) is 79.7. The number of nitrogens with zero attached hydrogens (tertiary/aromatic N) is 2. The minimum atomic E-state index is 0.880. The van der Waals surface area contributed by atoms with Gasteiger partial charge in [-0.05, 0) is 225 Å². The molecule has 0 aromatic rings. The molecule has 0 spiro atoms. The van der Waals surface area contributed by atoms with Gasteiger partial charge in [-0.1, -0.05) is 177 Å². The van der Waals surface area contributed by atoms with E-state index in [9.17, 15) is 0 Å². The van der Waals surface area contributed by atoms with Gasteiger partial charge in [0.05, 0.1) is 0 Å². The van der Waals surface area contributed by atoms with Crippen molar-refractivity contribution < 1.29 is 0 Å². The van der Waals surface area contributed by atoms with E-state index in [2.05, 4.69) is 33.1 Å². The number of rotatable bonds is 12. The summed E-state index contributed by atoms with van der Waals surface area (Å²) in [7, 11) is 0. The zero-order valence-corrected chi connectivity index (χ0v) is 47.4. The molecule has 12 rings (SSSR count). The highest BCUT2D eigenvalue weighted by molar-refractivity contribution is 5.22. The summed E-state index contributed by atoms with van der Waals surface area (Å²) in [6, 6.07) is 5.41. The van der Waals surface area contributed by atoms with Crippen molar-refractivity contribution in [3.8, 4) is 0 Å². The average molecular weight is 986 g/mol. The Kier molecular flexibility index (Phi) is 18.4. The Morgan fingerprint density at radius 1 is 0.236 bits per heavy atom. The maximum Gasteiger partial charge on any atom is 0.0102 e. The van der Waals surface area contributed by atoms with E-state index in [0.717, 1.165) is 107 Å². The van der Waals surface area contributed by atoms with Crippen LogP contribution in [-0.4, -0.2) is 46.1 Å². The molecule has 2 heteroatoms. The van der Waals surface area contributed by atoms with Crippen LogP contribution in [0.15, 0.2) is 23.3 Å². The van der Waals surface area contributed by atoms with Crippen LogP contribution in [0, 0.1) is 71.0 Å². The summed E-state index contributed by atoms with van der Waals surface area (Å²) in [5, 5.41) is 0. The van der Waals surface area contributed by atoms with Gasteiger partial charge in [-0.3, -0.25) is 9.80 Å². The van der Waals surface area contributed by atoms with Gasteiger partial charge in [0.25, 0.3) is 0 Å². The lowest BCUT2D eigenvalue weighted by atomic mass is 9.45. The fourth-order valence-electron chi connectivity index (χ4n) is 22.5. The highest BCUT2D eigenvalue weighted by atomic mass is 15.2. The highest BCUT2D eigenvalue weighted by Crippen LogP contribution is 2.63. The molecule has 2 nitrogen and oxygen atoms in total. The Morgan fingerprint density at radius 2 is 0.486 bits per heavy atom. The van der Waals surface area contributed by atoms with Gasteiger partial charge in [-0.25, -0.2) is 0 Å². The molecule has 0 radical (unpaired) electrons. The van der Waals surface area contributed by atoms with Gasteiger partial charge in [0.2, 0.25) is 0 Å². The normalized spacial score (nSPS) is 40.7. The van der Waals surface area contributed by atoms with Gasteiger partial charge in [-0.2, -0.15) is 0 Å². The van der Waals surface area contributed by atoms with Gasteiger partial charge >= 0.3 is 0 Å². The van der Waals surface area contributed by atoms with Crippen LogP contribution in [0.4, 0.5) is 0 Å². The van der Waals surface area contributed by atoms with Crippen LogP contribution in [0.25, 0.3) is 0 Å². The molecule has 0 heterocycles. The molecule has 12 aliphatic rings. The zero-order chi connectivity index (χ0) is 48.1. The first-order chi connectivity index (χ1) is 35.7. The van der Waals surface area contributed by atoms with Crippen molar-refractivity contribution in [1.29, 1.82) is 0 Å². The summed E-state index contributed by atoms with van der Waals surface area (Å²) in [4.78, 5) is 6.56. The van der Waals surface area contributed by atoms with Crippen molar-refractivity contribution in [2.24, 2.45) is 71.0 Å². The van der Waals surface area contributed by atoms with Crippen LogP contribution in [-0.2, 0) is 0 Å². The van der Waals surface area contributed by atoms with Crippen molar-refractivity contribution in [2.75, 3.05) is 0 Å². The molecule has 8 atom stereocenters. The maximum atomic E-state index is 3.29. The monoisotopic (exact) mass is 985 g/mol. The quantitative estimate of drug-likeness (QED) is 0.180. The Labute approximate surface area is 446 Å². The number of hydrogen-bond acceptors (Lipinski definition) is 2. The molecular weight excluding hydrogens is 869 g/mol. The molecule has 12 saturated carbocycles. The van der Waals surface area contributed by atoms with Crippen molar-refractivity contribution in [3.63, 3.8) is 0 Å². The predicted molar refractivity (Wildman–Crippen MR) is 306 cm³/mol. The number of fused-ring (bicyclic) bond motifs is 5. The molecule has 0 aromatic heterocycles. The second kappa shape index (κ2) is 25.5. The smallest absolute Gasteiger partial charge is 0.0102 e. The largest absolute Gasteiger partial charge is 0.294 e. The Hall–Kier alpha value is -0.600. The zero-order valence-electron chi connectivity index (χ0n) is 47.4. The molecule has 0 bridgehead atoms. The van der Waals surface area contributed by atoms with Gasteiger partial charge in [0, 0.05) is 36.3 Å². The summed E-state index contributed by atoms with van der Waals surface area (Å²) in [5.41, 5.74) is 4.21. The molecule has 12 aliphatic carbocycles. The summed E-state index contributed by atoms with van der Waals surface area (Å²) in [6.45, 7) is 0. The van der Waals surface area contributed by atoms with Gasteiger partial charge < -0.3 is 0 Å². The van der Waals surface area contributed by atoms with E-state index < -0.39 is 0 Å². The third-order valence-electron chi connectivity index (χ3n) is 25.6. The SMILES string of the molecule is C(=C(C1CCCCC1)C1CCC(N(C2CCCCC2)C2CCCCC2)CC1)C1CC2CCCCC2C2C(C=C(C3CCCCC3)C3CCC(N(C4CCCCC4)C4CCCCC4)CC3)CC3CCCCC3C12. The minimum absolute atomic E-state index is 0.880. The van der Waals surface area contributed by atoms with E-state index in [0.29, 0.717) is 0 Å². The van der Waals surface area contributed by atoms with Crippen LogP contribution in [0.5, 0.6) is 0 Å². The van der Waals surface area contributed by atoms with E-state index in [-0.39, 0.29) is 0 Å². The lowest BCUT2D eigenvalue weighted by molar-refractivity contribution is -0.0853. The van der Waals surface area contributed by atoms with Gasteiger partial charge in [0.15, 0.2) is 0 Å². The first kappa shape index (κ1) is 52.1. The molecule has 8 unspecified atom stereocenters. The van der Waals surface area contributed by atoms with E-state index in [4.69, 9.17) is 0 Å². The maximum absolute atomic E-state index is 3.29. The van der Waals surface area contributed by atoms with Crippen molar-refractivity contribution in [3.05, 3.63) is 23.3 Å². The number of allylic oxidation sites excluding steroid dienone is 4. The Morgan fingerprint density at radius 3 is 0.806 bits per heavy atom. The molecule has 0 aliphatic heterocycles. The molecule has 12 fully saturated rings. The molecule has 0 saturated heterocycles. The van der Waals surface area contributed by atoms with E-state index >= 15 is 0 Å². The van der Waals surface area contributed by atoms with Crippen LogP contribution < -0.4 is 0 Å². The molecule has 0 N–H and O–H groups in total. The summed E-state index contributed by atoms with van der Waals surface area (Å²) < 4.78 is 0. The van der Waals surface area contributed by atoms with Crippen LogP contribution in [0.1, 0.15) is 308 Å². The minimum Gasteiger partial charge on any atom is -0.294 e. The summed E-state index contributed by atoms with van der Waals surface area (Å²) >= 11 is 0. The van der Waals surface area contributed by atoms with Crippen molar-refractivity contribution >= 4 is 0 Å². The lowest BCUT2D eigenvalue weighted by Crippen LogP contribution is -2.53. The van der Waals surface area contributed by atoms with E-state index in [1.807, 2.05) is 0 Å². The second-order valence-corrected chi connectivity index (χ2v) is 29.4. The Balaban J connectivity index is 0.839. The third-order valence-corrected chi connectivity index (χ3v) is 25.6. The lowest BCUT2D eigenvalue weighted by Gasteiger charge is -2.59.